The molecule has 5 heteroatoms. The van der Waals surface area contributed by atoms with Crippen molar-refractivity contribution >= 4 is 29.0 Å². The number of hydrogen-bond acceptors (Lipinski definition) is 3. The molecule has 0 aliphatic rings. The number of nitrogens with one attached hydrogen (secondary N) is 1. The number of fused-ring (bicyclic) bond motifs is 1. The molecule has 0 saturated carbocycles. The van der Waals surface area contributed by atoms with E-state index in [1.807, 2.05) is 53.1 Å². The summed E-state index contributed by atoms with van der Waals surface area (Å²) < 4.78 is 7.16. The molecule has 0 bridgehead atoms. The quantitative estimate of drug-likeness (QED) is 0.690. The number of anilines is 1. The number of ether oxygens (including phenoxy) is 1. The van der Waals surface area contributed by atoms with Crippen molar-refractivity contribution in [2.45, 2.75) is 19.9 Å². The van der Waals surface area contributed by atoms with E-state index in [-0.39, 0.29) is 5.91 Å². The molecule has 0 atom stereocenters. The Bertz CT molecular complexity index is 895. The Kier molecular flexibility index (Phi) is 5.14. The third-order valence-electron chi connectivity index (χ3n) is 3.88. The first-order valence-electron chi connectivity index (χ1n) is 8.29. The van der Waals surface area contributed by atoms with Crippen molar-refractivity contribution in [3.63, 3.8) is 0 Å². The third kappa shape index (κ3) is 3.88. The molecule has 0 radical (unpaired) electrons. The van der Waals surface area contributed by atoms with Crippen LogP contribution in [-0.4, -0.2) is 22.6 Å². The van der Waals surface area contributed by atoms with Gasteiger partial charge in [0.2, 0.25) is 5.95 Å². The summed E-state index contributed by atoms with van der Waals surface area (Å²) in [4.78, 5) is 16.8. The molecular weight excluding hydrogens is 314 g/mol. The number of amides is 1. The van der Waals surface area contributed by atoms with Crippen LogP contribution < -0.4 is 10.1 Å². The normalized spacial score (nSPS) is 11.1. The number of imidazole rings is 1. The van der Waals surface area contributed by atoms with E-state index in [9.17, 15) is 4.79 Å². The van der Waals surface area contributed by atoms with Crippen LogP contribution >= 0.6 is 0 Å². The average molecular weight is 335 g/mol. The average Bonchev–Trinajstić information content (AvgIpc) is 2.98. The molecule has 0 fully saturated rings. The van der Waals surface area contributed by atoms with Gasteiger partial charge in [-0.25, -0.2) is 4.98 Å². The molecule has 1 aromatic heterocycles. The van der Waals surface area contributed by atoms with Crippen LogP contribution in [0.3, 0.4) is 0 Å². The van der Waals surface area contributed by atoms with E-state index in [0.717, 1.165) is 35.3 Å². The van der Waals surface area contributed by atoms with Gasteiger partial charge in [0.05, 0.1) is 18.1 Å². The molecule has 1 heterocycles. The van der Waals surface area contributed by atoms with Gasteiger partial charge in [-0.05, 0) is 42.3 Å². The van der Waals surface area contributed by atoms with Gasteiger partial charge in [-0.3, -0.25) is 10.1 Å². The van der Waals surface area contributed by atoms with E-state index >= 15 is 0 Å². The maximum absolute atomic E-state index is 12.3. The van der Waals surface area contributed by atoms with Gasteiger partial charge < -0.3 is 9.30 Å². The van der Waals surface area contributed by atoms with Crippen LogP contribution in [0.15, 0.2) is 54.6 Å². The second kappa shape index (κ2) is 7.66. The van der Waals surface area contributed by atoms with Gasteiger partial charge in [-0.1, -0.05) is 31.2 Å². The van der Waals surface area contributed by atoms with Crippen LogP contribution in [0.1, 0.15) is 18.9 Å². The minimum absolute atomic E-state index is 0.205. The van der Waals surface area contributed by atoms with Gasteiger partial charge in [0.15, 0.2) is 0 Å². The molecule has 2 aromatic carbocycles. The highest BCUT2D eigenvalue weighted by atomic mass is 16.5. The summed E-state index contributed by atoms with van der Waals surface area (Å²) >= 11 is 0. The van der Waals surface area contributed by atoms with Crippen LogP contribution in [0.5, 0.6) is 5.75 Å². The smallest absolute Gasteiger partial charge is 0.250 e. The lowest BCUT2D eigenvalue weighted by Gasteiger charge is -2.07. The minimum atomic E-state index is -0.205. The maximum atomic E-state index is 12.3. The van der Waals surface area contributed by atoms with E-state index in [4.69, 9.17) is 4.74 Å². The first kappa shape index (κ1) is 16.8. The Morgan fingerprint density at radius 2 is 1.96 bits per heavy atom. The lowest BCUT2D eigenvalue weighted by atomic mass is 10.2. The second-order valence-corrected chi connectivity index (χ2v) is 5.67. The summed E-state index contributed by atoms with van der Waals surface area (Å²) in [6.07, 6.45) is 4.24. The highest BCUT2D eigenvalue weighted by molar-refractivity contribution is 6.01. The van der Waals surface area contributed by atoms with Crippen molar-refractivity contribution in [3.05, 3.63) is 60.2 Å². The molecule has 5 nitrogen and oxygen atoms in total. The predicted molar refractivity (Wildman–Crippen MR) is 101 cm³/mol. The largest absolute Gasteiger partial charge is 0.497 e. The zero-order valence-electron chi connectivity index (χ0n) is 14.4. The molecular formula is C20H21N3O2. The lowest BCUT2D eigenvalue weighted by Crippen LogP contribution is -2.13. The van der Waals surface area contributed by atoms with Crippen molar-refractivity contribution in [2.24, 2.45) is 0 Å². The molecule has 3 aromatic rings. The number of carbonyl (C=O) groups excluding carboxylic acids is 1. The molecule has 128 valence electrons. The van der Waals surface area contributed by atoms with Gasteiger partial charge in [0, 0.05) is 12.6 Å². The molecule has 0 unspecified atom stereocenters. The Morgan fingerprint density at radius 3 is 2.68 bits per heavy atom. The van der Waals surface area contributed by atoms with Crippen LogP contribution in [0.25, 0.3) is 17.1 Å². The highest BCUT2D eigenvalue weighted by Gasteiger charge is 2.11. The molecule has 1 N–H and O–H groups in total. The molecule has 25 heavy (non-hydrogen) atoms. The van der Waals surface area contributed by atoms with Gasteiger partial charge in [0.25, 0.3) is 5.91 Å². The Morgan fingerprint density at radius 1 is 1.20 bits per heavy atom. The number of benzene rings is 2. The number of nitrogens with zero attached hydrogens (tertiary/aromatic N) is 2. The minimum Gasteiger partial charge on any atom is -0.497 e. The number of carbonyl (C=O) groups is 1. The zero-order valence-corrected chi connectivity index (χ0v) is 14.4. The molecule has 3 rings (SSSR count). The van der Waals surface area contributed by atoms with Crippen molar-refractivity contribution in [1.29, 1.82) is 0 Å². The van der Waals surface area contributed by atoms with Crippen molar-refractivity contribution in [2.75, 3.05) is 12.4 Å². The van der Waals surface area contributed by atoms with E-state index in [1.165, 1.54) is 6.08 Å². The van der Waals surface area contributed by atoms with Crippen LogP contribution in [0.4, 0.5) is 5.95 Å². The molecule has 0 aliphatic carbocycles. The molecule has 0 spiro atoms. The number of rotatable bonds is 6. The van der Waals surface area contributed by atoms with Crippen LogP contribution in [0.2, 0.25) is 0 Å². The van der Waals surface area contributed by atoms with Gasteiger partial charge >= 0.3 is 0 Å². The van der Waals surface area contributed by atoms with E-state index in [0.29, 0.717) is 5.95 Å². The summed E-state index contributed by atoms with van der Waals surface area (Å²) in [6.45, 7) is 2.91. The van der Waals surface area contributed by atoms with Crippen LogP contribution in [-0.2, 0) is 11.3 Å². The third-order valence-corrected chi connectivity index (χ3v) is 3.88. The SMILES string of the molecule is CCCn1c(NC(=O)/C=C/c2ccc(OC)cc2)nc2ccccc21. The highest BCUT2D eigenvalue weighted by Crippen LogP contribution is 2.20. The lowest BCUT2D eigenvalue weighted by molar-refractivity contribution is -0.111. The summed E-state index contributed by atoms with van der Waals surface area (Å²) in [5.41, 5.74) is 2.84. The van der Waals surface area contributed by atoms with E-state index in [2.05, 4.69) is 17.2 Å². The van der Waals surface area contributed by atoms with Gasteiger partial charge in [0.1, 0.15) is 5.75 Å². The Hall–Kier alpha value is -3.08. The molecule has 1 amide bonds. The number of para-hydroxylation sites is 2. The Balaban J connectivity index is 1.76. The molecule has 0 aliphatic heterocycles. The summed E-state index contributed by atoms with van der Waals surface area (Å²) in [6, 6.07) is 15.4. The maximum Gasteiger partial charge on any atom is 0.250 e. The summed E-state index contributed by atoms with van der Waals surface area (Å²) in [5.74, 6) is 1.16. The van der Waals surface area contributed by atoms with E-state index in [1.54, 1.807) is 13.2 Å². The van der Waals surface area contributed by atoms with Crippen LogP contribution in [0, 0.1) is 0 Å². The number of aryl methyl sites for hydroxylation is 1. The fourth-order valence-corrected chi connectivity index (χ4v) is 2.66. The topological polar surface area (TPSA) is 56.2 Å². The van der Waals surface area contributed by atoms with Crippen molar-refractivity contribution < 1.29 is 9.53 Å². The monoisotopic (exact) mass is 335 g/mol. The fourth-order valence-electron chi connectivity index (χ4n) is 2.66. The first-order chi connectivity index (χ1) is 12.2. The number of hydrogen-bond donors (Lipinski definition) is 1. The number of aromatic nitrogens is 2. The van der Waals surface area contributed by atoms with Crippen molar-refractivity contribution in [3.8, 4) is 5.75 Å². The summed E-state index contributed by atoms with van der Waals surface area (Å²) in [5, 5.41) is 2.88. The zero-order chi connectivity index (χ0) is 17.6. The second-order valence-electron chi connectivity index (χ2n) is 5.67. The standard InChI is InChI=1S/C20H21N3O2/c1-3-14-23-18-7-5-4-6-17(18)21-20(23)22-19(24)13-10-15-8-11-16(25-2)12-9-15/h4-13H,3,14H2,1-2H3,(H,21,22,24)/b13-10+. The number of methoxy groups -OCH3 is 1. The van der Waals surface area contributed by atoms with Gasteiger partial charge in [-0.2, -0.15) is 0 Å². The first-order valence-corrected chi connectivity index (χ1v) is 8.29. The summed E-state index contributed by atoms with van der Waals surface area (Å²) in [7, 11) is 1.63. The Labute approximate surface area is 146 Å². The van der Waals surface area contributed by atoms with E-state index < -0.39 is 0 Å². The van der Waals surface area contributed by atoms with Gasteiger partial charge in [-0.15, -0.1) is 0 Å². The van der Waals surface area contributed by atoms with Crippen molar-refractivity contribution in [1.82, 2.24) is 9.55 Å². The molecule has 0 saturated heterocycles. The fraction of sp³-hybridized carbons (Fsp3) is 0.200. The predicted octanol–water partition coefficient (Wildman–Crippen LogP) is 4.11.